The van der Waals surface area contributed by atoms with E-state index < -0.39 is 66.3 Å². The predicted octanol–water partition coefficient (Wildman–Crippen LogP) is 16.9. The minimum atomic E-state index is -0.991. The van der Waals surface area contributed by atoms with Crippen LogP contribution in [0.5, 0.6) is 11.5 Å². The zero-order chi connectivity index (χ0) is 59.5. The van der Waals surface area contributed by atoms with Crippen molar-refractivity contribution < 1.29 is 45.4 Å². The molecule has 0 aliphatic rings. The molecule has 0 bridgehead atoms. The predicted molar refractivity (Wildman–Crippen MR) is 297 cm³/mol. The molecular formula is C67H60N4OPt-2. The van der Waals surface area contributed by atoms with Crippen molar-refractivity contribution in [2.24, 2.45) is 5.92 Å². The van der Waals surface area contributed by atoms with Crippen molar-refractivity contribution in [3.63, 3.8) is 0 Å². The van der Waals surface area contributed by atoms with E-state index in [2.05, 4.69) is 127 Å². The number of aromatic nitrogens is 4. The Balaban J connectivity index is 0.00000786. The monoisotopic (exact) mass is 1140 g/mol. The van der Waals surface area contributed by atoms with Crippen LogP contribution in [0.4, 0.5) is 0 Å². The first kappa shape index (κ1) is 37.4. The Kier molecular flexibility index (Phi) is 10.0. The fraction of sp³-hybridized carbons (Fsp3) is 0.194. The van der Waals surface area contributed by atoms with Crippen LogP contribution in [0.25, 0.3) is 83.4 Å². The van der Waals surface area contributed by atoms with E-state index in [4.69, 9.17) is 23.4 Å². The third-order valence-electron chi connectivity index (χ3n) is 13.6. The van der Waals surface area contributed by atoms with Gasteiger partial charge in [0.05, 0.1) is 30.4 Å². The average Bonchev–Trinajstić information content (AvgIpc) is 4.00. The quantitative estimate of drug-likeness (QED) is 0.101. The van der Waals surface area contributed by atoms with Gasteiger partial charge in [-0.15, -0.1) is 29.7 Å². The summed E-state index contributed by atoms with van der Waals surface area (Å²) in [6.45, 7) is 19.3. The molecule has 3 heterocycles. The summed E-state index contributed by atoms with van der Waals surface area (Å²) in [6.07, 6.45) is 5.32. The van der Waals surface area contributed by atoms with Crippen molar-refractivity contribution >= 4 is 32.8 Å². The van der Waals surface area contributed by atoms with Crippen molar-refractivity contribution in [1.82, 2.24) is 14.1 Å². The number of hydrogen-bond donors (Lipinski definition) is 0. The molecule has 366 valence electrons. The molecule has 1 atom stereocenters. The number of nitrogens with zero attached hydrogens (tertiary/aromatic N) is 4. The molecule has 0 saturated carbocycles. The van der Waals surface area contributed by atoms with Crippen LogP contribution in [0.1, 0.15) is 100.0 Å². The Bertz CT molecular complexity index is 4310. The fourth-order valence-electron chi connectivity index (χ4n) is 9.38. The van der Waals surface area contributed by atoms with Crippen molar-refractivity contribution in [3.05, 3.63) is 223 Å². The summed E-state index contributed by atoms with van der Waals surface area (Å²) in [7, 11) is 0. The summed E-state index contributed by atoms with van der Waals surface area (Å²) in [5.74, 6) is 0.323. The molecule has 0 N–H and O–H groups in total. The van der Waals surface area contributed by atoms with Gasteiger partial charge in [-0.3, -0.25) is 4.57 Å². The van der Waals surface area contributed by atoms with Crippen molar-refractivity contribution in [2.75, 3.05) is 0 Å². The minimum Gasteiger partial charge on any atom is -0.510 e. The van der Waals surface area contributed by atoms with Crippen LogP contribution in [-0.2, 0) is 31.9 Å². The Hall–Kier alpha value is -7.33. The number of ether oxygens (including phenoxy) is 1. The zero-order valence-electron chi connectivity index (χ0n) is 53.2. The largest absolute Gasteiger partial charge is 0.510 e. The molecule has 0 amide bonds. The number of hydrogen-bond acceptors (Lipinski definition) is 2. The van der Waals surface area contributed by atoms with Gasteiger partial charge >= 0.3 is 0 Å². The number of benzene rings is 8. The first-order valence-electron chi connectivity index (χ1n) is 29.7. The van der Waals surface area contributed by atoms with Crippen molar-refractivity contribution in [2.45, 2.75) is 79.0 Å². The van der Waals surface area contributed by atoms with Crippen LogP contribution in [0.3, 0.4) is 0 Å². The second kappa shape index (κ2) is 19.6. The summed E-state index contributed by atoms with van der Waals surface area (Å²) < 4.78 is 110. The van der Waals surface area contributed by atoms with Crippen LogP contribution in [0.2, 0.25) is 0 Å². The summed E-state index contributed by atoms with van der Waals surface area (Å²) in [5.41, 5.74) is 8.28. The molecular weight excluding hydrogens is 1070 g/mol. The average molecular weight is 1140 g/mol. The summed E-state index contributed by atoms with van der Waals surface area (Å²) >= 11 is 0. The molecule has 0 aliphatic carbocycles. The number of imidazole rings is 1. The number of fused-ring (bicyclic) bond motifs is 4. The molecule has 8 aromatic carbocycles. The molecule has 0 aliphatic heterocycles. The van der Waals surface area contributed by atoms with Crippen LogP contribution in [-0.4, -0.2) is 14.1 Å². The van der Waals surface area contributed by atoms with Gasteiger partial charge < -0.3 is 13.9 Å². The number of rotatable bonds is 10. The van der Waals surface area contributed by atoms with Gasteiger partial charge in [-0.05, 0) is 90.4 Å². The fourth-order valence-corrected chi connectivity index (χ4v) is 9.38. The summed E-state index contributed by atoms with van der Waals surface area (Å²) in [5, 5.41) is 1.95. The smallest absolute Gasteiger partial charge is 0.268 e. The van der Waals surface area contributed by atoms with E-state index in [1.807, 2.05) is 55.6 Å². The van der Waals surface area contributed by atoms with E-state index >= 15 is 0 Å². The van der Waals surface area contributed by atoms with Gasteiger partial charge in [0.15, 0.2) is 0 Å². The topological polar surface area (TPSA) is 35.9 Å². The molecule has 3 aromatic heterocycles. The Morgan fingerprint density at radius 2 is 1.23 bits per heavy atom. The van der Waals surface area contributed by atoms with Crippen LogP contribution < -0.4 is 9.30 Å². The molecule has 11 aromatic rings. The molecule has 11 rings (SSSR count). The van der Waals surface area contributed by atoms with E-state index in [0.717, 1.165) is 44.1 Å². The summed E-state index contributed by atoms with van der Waals surface area (Å²) in [4.78, 5) is 5.18. The second-order valence-corrected chi connectivity index (χ2v) is 20.6. The third kappa shape index (κ3) is 9.37. The number of pyridine rings is 1. The maximum atomic E-state index is 9.85. The Morgan fingerprint density at radius 1 is 0.603 bits per heavy atom. The van der Waals surface area contributed by atoms with E-state index in [1.165, 1.54) is 5.56 Å². The Morgan fingerprint density at radius 3 is 1.89 bits per heavy atom. The molecule has 0 spiro atoms. The maximum absolute atomic E-state index is 9.85. The van der Waals surface area contributed by atoms with Gasteiger partial charge in [0.2, 0.25) is 0 Å². The van der Waals surface area contributed by atoms with Gasteiger partial charge in [-0.1, -0.05) is 207 Å². The summed E-state index contributed by atoms with van der Waals surface area (Å²) in [6, 6.07) is 40.2. The number of para-hydroxylation sites is 3. The first-order chi connectivity index (χ1) is 39.2. The third-order valence-corrected chi connectivity index (χ3v) is 13.6. The van der Waals surface area contributed by atoms with Gasteiger partial charge in [-0.2, -0.15) is 18.2 Å². The second-order valence-electron chi connectivity index (χ2n) is 20.6. The molecule has 5 nitrogen and oxygen atoms in total. The van der Waals surface area contributed by atoms with E-state index in [0.29, 0.717) is 34.0 Å². The van der Waals surface area contributed by atoms with Gasteiger partial charge in [0.1, 0.15) is 5.82 Å². The van der Waals surface area contributed by atoms with E-state index in [9.17, 15) is 1.37 Å². The molecule has 0 radical (unpaired) electrons. The van der Waals surface area contributed by atoms with Crippen LogP contribution in [0.15, 0.2) is 188 Å². The Labute approximate surface area is 460 Å². The standard InChI is InChI=1S/C67H60N4O.Pt/c1-44(2)45(3)57-41-64(68-42-59(57)48-30-32-49(33-31-48)66(4,5)6)71-60-37-34-50(67(7,8)9)38-58(60)56-36-35-53(40-63(56)71)72-52-25-18-24-51(39-52)69-43-70(62-29-17-16-28-61(62)69)65-54(46-20-12-10-13-21-46)26-19-27-55(65)47-22-14-11-15-23-47;/h10-38,41-42,44-45H,1-9H3;/q-2;/i10D,11D,12D,13D,14D,15D,20D,21D,22D,23D,45D;. The molecule has 0 fully saturated rings. The van der Waals surface area contributed by atoms with Gasteiger partial charge in [-0.25, -0.2) is 4.98 Å². The SMILES string of the molecule is [2H]c1c([2H])c([2H])c(-c2cccc(-c3c([2H])c([2H])c([2H])c([2H])c3[2H])c2-[n+]2[c-]n(-c3[c-]c(Oc4[c-]c5c(cc4)c4cc(C(C)(C)C)ccc4n5-c4cc(C([2H])(C)C(C)C)c(-c5ccc(C(C)(C)C)cc5)cn4)ccc3)c3ccccc32)c([2H])c1[2H].[Pt]. The molecule has 73 heavy (non-hydrogen) atoms. The molecule has 1 unspecified atom stereocenters. The molecule has 6 heteroatoms. The van der Waals surface area contributed by atoms with Crippen molar-refractivity contribution in [3.8, 4) is 62.1 Å². The van der Waals surface area contributed by atoms with Crippen LogP contribution >= 0.6 is 0 Å². The first-order valence-corrected chi connectivity index (χ1v) is 24.2. The normalized spacial score (nSPS) is 15.0. The van der Waals surface area contributed by atoms with Gasteiger partial charge in [0.25, 0.3) is 6.33 Å². The van der Waals surface area contributed by atoms with Crippen LogP contribution in [0, 0.1) is 24.4 Å². The minimum absolute atomic E-state index is 0. The van der Waals surface area contributed by atoms with E-state index in [-0.39, 0.29) is 65.8 Å². The van der Waals surface area contributed by atoms with Gasteiger partial charge in [0, 0.05) is 51.2 Å². The zero-order valence-corrected chi connectivity index (χ0v) is 44.5. The maximum Gasteiger partial charge on any atom is 0.268 e. The van der Waals surface area contributed by atoms with E-state index in [1.54, 1.807) is 39.5 Å². The van der Waals surface area contributed by atoms with Crippen molar-refractivity contribution in [1.29, 1.82) is 0 Å². The molecule has 0 saturated heterocycles.